The number of unbranched alkanes of at least 4 members (excludes halogenated alkanes) is 1. The number of hydrogen-bond donors (Lipinski definition) is 1. The molecular formula is C13H19N. The van der Waals surface area contributed by atoms with Crippen LogP contribution in [0.3, 0.4) is 0 Å². The lowest BCUT2D eigenvalue weighted by Gasteiger charge is -2.02. The molecule has 14 heavy (non-hydrogen) atoms. The number of nitrogens with one attached hydrogen (secondary N) is 1. The van der Waals surface area contributed by atoms with Gasteiger partial charge in [-0.2, -0.15) is 0 Å². The lowest BCUT2D eigenvalue weighted by Crippen LogP contribution is -2.06. The molecule has 1 heteroatoms. The molecule has 0 saturated heterocycles. The summed E-state index contributed by atoms with van der Waals surface area (Å²) in [6.45, 7) is 6.77. The third kappa shape index (κ3) is 4.13. The molecule has 0 saturated carbocycles. The van der Waals surface area contributed by atoms with Crippen LogP contribution in [0.2, 0.25) is 0 Å². The van der Waals surface area contributed by atoms with Crippen molar-refractivity contribution < 1.29 is 0 Å². The Morgan fingerprint density at radius 3 is 2.57 bits per heavy atom. The zero-order chi connectivity index (χ0) is 10.2. The summed E-state index contributed by atoms with van der Waals surface area (Å²) in [6.07, 6.45) is 5.38. The fraction of sp³-hybridized carbons (Fsp3) is 0.385. The SMILES string of the molecule is C=CNCCCCc1ccc(C)cc1. The van der Waals surface area contributed by atoms with Crippen LogP contribution < -0.4 is 5.32 Å². The van der Waals surface area contributed by atoms with Crippen molar-refractivity contribution in [1.82, 2.24) is 5.32 Å². The Kier molecular flexibility index (Phi) is 4.84. The summed E-state index contributed by atoms with van der Waals surface area (Å²) in [7, 11) is 0. The van der Waals surface area contributed by atoms with Gasteiger partial charge in [0.25, 0.3) is 0 Å². The summed E-state index contributed by atoms with van der Waals surface area (Å²) in [5.74, 6) is 0. The molecule has 0 radical (unpaired) electrons. The second kappa shape index (κ2) is 6.25. The van der Waals surface area contributed by atoms with Crippen molar-refractivity contribution in [2.24, 2.45) is 0 Å². The van der Waals surface area contributed by atoms with Crippen LogP contribution in [-0.2, 0) is 6.42 Å². The van der Waals surface area contributed by atoms with Gasteiger partial charge in [-0.15, -0.1) is 0 Å². The van der Waals surface area contributed by atoms with E-state index < -0.39 is 0 Å². The molecule has 1 aromatic rings. The van der Waals surface area contributed by atoms with Gasteiger partial charge in [0.2, 0.25) is 0 Å². The third-order valence-electron chi connectivity index (χ3n) is 2.30. The van der Waals surface area contributed by atoms with E-state index in [1.807, 2.05) is 0 Å². The summed E-state index contributed by atoms with van der Waals surface area (Å²) in [5, 5.41) is 3.11. The van der Waals surface area contributed by atoms with Gasteiger partial charge in [-0.1, -0.05) is 36.4 Å². The van der Waals surface area contributed by atoms with E-state index in [9.17, 15) is 0 Å². The molecular weight excluding hydrogens is 170 g/mol. The molecule has 0 amide bonds. The number of benzene rings is 1. The van der Waals surface area contributed by atoms with Gasteiger partial charge < -0.3 is 5.32 Å². The largest absolute Gasteiger partial charge is 0.391 e. The highest BCUT2D eigenvalue weighted by atomic mass is 14.8. The highest BCUT2D eigenvalue weighted by Gasteiger charge is 1.92. The van der Waals surface area contributed by atoms with Gasteiger partial charge in [0, 0.05) is 6.54 Å². The maximum atomic E-state index is 3.62. The van der Waals surface area contributed by atoms with E-state index in [2.05, 4.69) is 43.1 Å². The molecule has 0 fully saturated rings. The first kappa shape index (κ1) is 10.8. The van der Waals surface area contributed by atoms with Crippen LogP contribution in [0.5, 0.6) is 0 Å². The van der Waals surface area contributed by atoms with Crippen LogP contribution in [-0.4, -0.2) is 6.54 Å². The van der Waals surface area contributed by atoms with Gasteiger partial charge in [-0.05, 0) is 37.9 Å². The average Bonchev–Trinajstić information content (AvgIpc) is 2.21. The smallest absolute Gasteiger partial charge is 0.0141 e. The standard InChI is InChI=1S/C13H19N/c1-3-14-11-5-4-6-13-9-7-12(2)8-10-13/h3,7-10,14H,1,4-6,11H2,2H3. The van der Waals surface area contributed by atoms with Gasteiger partial charge >= 0.3 is 0 Å². The second-order valence-corrected chi connectivity index (χ2v) is 3.60. The Labute approximate surface area is 86.8 Å². The highest BCUT2D eigenvalue weighted by molar-refractivity contribution is 5.21. The minimum Gasteiger partial charge on any atom is -0.391 e. The molecule has 0 aromatic heterocycles. The van der Waals surface area contributed by atoms with Crippen molar-refractivity contribution in [3.05, 3.63) is 48.2 Å². The van der Waals surface area contributed by atoms with Crippen molar-refractivity contribution in [2.75, 3.05) is 6.54 Å². The molecule has 0 bridgehead atoms. The van der Waals surface area contributed by atoms with Crippen molar-refractivity contribution >= 4 is 0 Å². The number of aryl methyl sites for hydroxylation is 2. The van der Waals surface area contributed by atoms with Gasteiger partial charge in [0.1, 0.15) is 0 Å². The van der Waals surface area contributed by atoms with Crippen LogP contribution in [0.15, 0.2) is 37.0 Å². The van der Waals surface area contributed by atoms with Crippen molar-refractivity contribution in [3.8, 4) is 0 Å². The molecule has 0 aliphatic carbocycles. The Morgan fingerprint density at radius 1 is 1.21 bits per heavy atom. The van der Waals surface area contributed by atoms with Crippen molar-refractivity contribution in [3.63, 3.8) is 0 Å². The molecule has 1 aromatic carbocycles. The summed E-state index contributed by atoms with van der Waals surface area (Å²) < 4.78 is 0. The quantitative estimate of drug-likeness (QED) is 0.678. The first-order chi connectivity index (χ1) is 6.83. The zero-order valence-corrected chi connectivity index (χ0v) is 8.92. The van der Waals surface area contributed by atoms with E-state index in [1.165, 1.54) is 30.4 Å². The van der Waals surface area contributed by atoms with E-state index in [1.54, 1.807) is 6.20 Å². The fourth-order valence-corrected chi connectivity index (χ4v) is 1.41. The van der Waals surface area contributed by atoms with Gasteiger partial charge in [-0.3, -0.25) is 0 Å². The molecule has 0 heterocycles. The minimum atomic E-state index is 1.04. The topological polar surface area (TPSA) is 12.0 Å². The summed E-state index contributed by atoms with van der Waals surface area (Å²) in [5.41, 5.74) is 2.77. The van der Waals surface area contributed by atoms with Crippen LogP contribution >= 0.6 is 0 Å². The fourth-order valence-electron chi connectivity index (χ4n) is 1.41. The van der Waals surface area contributed by atoms with E-state index in [0.717, 1.165) is 6.54 Å². The normalized spacial score (nSPS) is 9.79. The molecule has 0 aliphatic rings. The lowest BCUT2D eigenvalue weighted by molar-refractivity contribution is 0.696. The molecule has 1 nitrogen and oxygen atoms in total. The van der Waals surface area contributed by atoms with Crippen molar-refractivity contribution in [2.45, 2.75) is 26.2 Å². The molecule has 1 rings (SSSR count). The maximum Gasteiger partial charge on any atom is 0.0141 e. The minimum absolute atomic E-state index is 1.04. The number of hydrogen-bond acceptors (Lipinski definition) is 1. The molecule has 0 unspecified atom stereocenters. The predicted molar refractivity (Wildman–Crippen MR) is 62.3 cm³/mol. The van der Waals surface area contributed by atoms with Gasteiger partial charge in [0.15, 0.2) is 0 Å². The lowest BCUT2D eigenvalue weighted by atomic mass is 10.1. The Bertz CT molecular complexity index is 261. The molecule has 0 spiro atoms. The van der Waals surface area contributed by atoms with Crippen LogP contribution in [0.1, 0.15) is 24.0 Å². The van der Waals surface area contributed by atoms with Crippen LogP contribution in [0.4, 0.5) is 0 Å². The monoisotopic (exact) mass is 189 g/mol. The van der Waals surface area contributed by atoms with Crippen LogP contribution in [0, 0.1) is 6.92 Å². The highest BCUT2D eigenvalue weighted by Crippen LogP contribution is 2.06. The second-order valence-electron chi connectivity index (χ2n) is 3.60. The maximum absolute atomic E-state index is 3.62. The Hall–Kier alpha value is -1.24. The van der Waals surface area contributed by atoms with E-state index in [4.69, 9.17) is 0 Å². The van der Waals surface area contributed by atoms with E-state index >= 15 is 0 Å². The van der Waals surface area contributed by atoms with Gasteiger partial charge in [0.05, 0.1) is 0 Å². The molecule has 76 valence electrons. The van der Waals surface area contributed by atoms with Gasteiger partial charge in [-0.25, -0.2) is 0 Å². The first-order valence-electron chi connectivity index (χ1n) is 5.23. The predicted octanol–water partition coefficient (Wildman–Crippen LogP) is 3.05. The van der Waals surface area contributed by atoms with E-state index in [-0.39, 0.29) is 0 Å². The van der Waals surface area contributed by atoms with Crippen LogP contribution in [0.25, 0.3) is 0 Å². The average molecular weight is 189 g/mol. The molecule has 0 aliphatic heterocycles. The third-order valence-corrected chi connectivity index (χ3v) is 2.30. The summed E-state index contributed by atoms with van der Waals surface area (Å²) in [6, 6.07) is 8.79. The zero-order valence-electron chi connectivity index (χ0n) is 8.92. The number of rotatable bonds is 6. The Balaban J connectivity index is 2.18. The van der Waals surface area contributed by atoms with Crippen molar-refractivity contribution in [1.29, 1.82) is 0 Å². The van der Waals surface area contributed by atoms with E-state index in [0.29, 0.717) is 0 Å². The summed E-state index contributed by atoms with van der Waals surface area (Å²) in [4.78, 5) is 0. The first-order valence-corrected chi connectivity index (χ1v) is 5.23. The molecule has 0 atom stereocenters. The summed E-state index contributed by atoms with van der Waals surface area (Å²) >= 11 is 0. The Morgan fingerprint density at radius 2 is 1.93 bits per heavy atom. The molecule has 1 N–H and O–H groups in total.